The largest absolute Gasteiger partial charge is 0.386 e. The highest BCUT2D eigenvalue weighted by atomic mass is 79.9. The van der Waals surface area contributed by atoms with Gasteiger partial charge in [0.15, 0.2) is 0 Å². The summed E-state index contributed by atoms with van der Waals surface area (Å²) in [5, 5.41) is 5.85. The second-order valence-corrected chi connectivity index (χ2v) is 4.80. The zero-order valence-electron chi connectivity index (χ0n) is 10.5. The van der Waals surface area contributed by atoms with E-state index in [1.165, 1.54) is 0 Å². The lowest BCUT2D eigenvalue weighted by Crippen LogP contribution is -2.24. The molecule has 2 rings (SSSR count). The molecule has 0 radical (unpaired) electrons. The van der Waals surface area contributed by atoms with Crippen LogP contribution in [-0.2, 0) is 6.54 Å². The highest BCUT2D eigenvalue weighted by Gasteiger charge is 2.10. The molecule has 0 aliphatic rings. The number of rotatable bonds is 4. The van der Waals surface area contributed by atoms with Gasteiger partial charge >= 0.3 is 0 Å². The minimum absolute atomic E-state index is 0.123. The van der Waals surface area contributed by atoms with Crippen molar-refractivity contribution < 1.29 is 4.79 Å². The number of anilines is 1. The predicted octanol–water partition coefficient (Wildman–Crippen LogP) is 2.82. The molecule has 0 spiro atoms. The molecule has 2 N–H and O–H groups in total. The van der Waals surface area contributed by atoms with Crippen LogP contribution in [0.1, 0.15) is 15.9 Å². The Labute approximate surface area is 120 Å². The summed E-state index contributed by atoms with van der Waals surface area (Å²) in [5.74, 6) is -0.123. The first-order valence-corrected chi connectivity index (χ1v) is 6.65. The van der Waals surface area contributed by atoms with Gasteiger partial charge < -0.3 is 10.6 Å². The molecular weight excluding hydrogens is 306 g/mol. The Morgan fingerprint density at radius 2 is 2.11 bits per heavy atom. The van der Waals surface area contributed by atoms with Crippen LogP contribution in [0.5, 0.6) is 0 Å². The monoisotopic (exact) mass is 319 g/mol. The molecule has 0 bridgehead atoms. The number of benzene rings is 1. The van der Waals surface area contributed by atoms with E-state index in [9.17, 15) is 4.79 Å². The second kappa shape index (κ2) is 6.33. The molecule has 0 aliphatic heterocycles. The van der Waals surface area contributed by atoms with Gasteiger partial charge in [0.1, 0.15) is 0 Å². The quantitative estimate of drug-likeness (QED) is 0.911. The zero-order chi connectivity index (χ0) is 13.7. The zero-order valence-corrected chi connectivity index (χ0v) is 12.1. The molecule has 0 fully saturated rings. The standard InChI is InChI=1S/C14H14BrN3O/c1-16-13-9-17-7-6-11(13)14(19)18-8-10-4-2-3-5-12(10)15/h2-7,9,16H,8H2,1H3,(H,18,19). The molecule has 0 saturated carbocycles. The lowest BCUT2D eigenvalue weighted by Gasteiger charge is -2.10. The number of nitrogens with one attached hydrogen (secondary N) is 2. The summed E-state index contributed by atoms with van der Waals surface area (Å²) in [6.45, 7) is 0.478. The average Bonchev–Trinajstić information content (AvgIpc) is 2.46. The third kappa shape index (κ3) is 3.32. The molecule has 2 aromatic rings. The van der Waals surface area contributed by atoms with Crippen molar-refractivity contribution in [2.45, 2.75) is 6.54 Å². The van der Waals surface area contributed by atoms with Crippen LogP contribution in [0.3, 0.4) is 0 Å². The van der Waals surface area contributed by atoms with Crippen LogP contribution in [0, 0.1) is 0 Å². The molecule has 0 unspecified atom stereocenters. The number of aromatic nitrogens is 1. The normalized spacial score (nSPS) is 10.0. The van der Waals surface area contributed by atoms with Crippen molar-refractivity contribution in [2.24, 2.45) is 0 Å². The van der Waals surface area contributed by atoms with Crippen LogP contribution in [0.15, 0.2) is 47.2 Å². The van der Waals surface area contributed by atoms with Crippen LogP contribution in [0.2, 0.25) is 0 Å². The summed E-state index contributed by atoms with van der Waals surface area (Å²) in [5.41, 5.74) is 2.34. The van der Waals surface area contributed by atoms with E-state index in [-0.39, 0.29) is 5.91 Å². The van der Waals surface area contributed by atoms with E-state index in [4.69, 9.17) is 0 Å². The van der Waals surface area contributed by atoms with E-state index in [1.54, 1.807) is 25.5 Å². The van der Waals surface area contributed by atoms with Gasteiger partial charge in [0.2, 0.25) is 0 Å². The summed E-state index contributed by atoms with van der Waals surface area (Å²) in [7, 11) is 1.77. The fourth-order valence-electron chi connectivity index (χ4n) is 1.70. The smallest absolute Gasteiger partial charge is 0.253 e. The van der Waals surface area contributed by atoms with E-state index < -0.39 is 0 Å². The van der Waals surface area contributed by atoms with Gasteiger partial charge in [0.05, 0.1) is 17.4 Å². The summed E-state index contributed by atoms with van der Waals surface area (Å²) in [6, 6.07) is 9.50. The first kappa shape index (κ1) is 13.5. The van der Waals surface area contributed by atoms with Gasteiger partial charge in [-0.2, -0.15) is 0 Å². The molecule has 0 saturated heterocycles. The Kier molecular flexibility index (Phi) is 4.52. The van der Waals surface area contributed by atoms with Gasteiger partial charge in [-0.05, 0) is 17.7 Å². The Morgan fingerprint density at radius 3 is 2.84 bits per heavy atom. The summed E-state index contributed by atoms with van der Waals surface area (Å²) in [4.78, 5) is 16.1. The number of hydrogen-bond donors (Lipinski definition) is 2. The number of hydrogen-bond acceptors (Lipinski definition) is 3. The Morgan fingerprint density at radius 1 is 1.32 bits per heavy atom. The number of carbonyl (C=O) groups excluding carboxylic acids is 1. The van der Waals surface area contributed by atoms with Crippen molar-refractivity contribution in [3.63, 3.8) is 0 Å². The predicted molar refractivity (Wildman–Crippen MR) is 79.1 cm³/mol. The van der Waals surface area contributed by atoms with E-state index in [1.807, 2.05) is 24.3 Å². The molecule has 0 atom stereocenters. The average molecular weight is 320 g/mol. The SMILES string of the molecule is CNc1cnccc1C(=O)NCc1ccccc1Br. The number of halogens is 1. The van der Waals surface area contributed by atoms with Crippen LogP contribution >= 0.6 is 15.9 Å². The number of nitrogens with zero attached hydrogens (tertiary/aromatic N) is 1. The highest BCUT2D eigenvalue weighted by molar-refractivity contribution is 9.10. The molecule has 0 aliphatic carbocycles. The molecule has 1 aromatic heterocycles. The third-order valence-corrected chi connectivity index (χ3v) is 3.51. The molecule has 1 heterocycles. The first-order valence-electron chi connectivity index (χ1n) is 5.85. The summed E-state index contributed by atoms with van der Waals surface area (Å²) in [6.07, 6.45) is 3.24. The maximum absolute atomic E-state index is 12.1. The topological polar surface area (TPSA) is 54.0 Å². The third-order valence-electron chi connectivity index (χ3n) is 2.73. The van der Waals surface area contributed by atoms with Crippen molar-refractivity contribution in [1.29, 1.82) is 0 Å². The minimum atomic E-state index is -0.123. The van der Waals surface area contributed by atoms with Crippen molar-refractivity contribution in [3.05, 3.63) is 58.3 Å². The van der Waals surface area contributed by atoms with Gasteiger partial charge in [-0.1, -0.05) is 34.1 Å². The molecule has 98 valence electrons. The molecule has 19 heavy (non-hydrogen) atoms. The number of amides is 1. The second-order valence-electron chi connectivity index (χ2n) is 3.95. The molecule has 5 heteroatoms. The molecule has 4 nitrogen and oxygen atoms in total. The molecule has 1 aromatic carbocycles. The lowest BCUT2D eigenvalue weighted by molar-refractivity contribution is 0.0951. The van der Waals surface area contributed by atoms with E-state index >= 15 is 0 Å². The van der Waals surface area contributed by atoms with Gasteiger partial charge in [0, 0.05) is 24.3 Å². The number of carbonyl (C=O) groups is 1. The Hall–Kier alpha value is -1.88. The fourth-order valence-corrected chi connectivity index (χ4v) is 2.13. The van der Waals surface area contributed by atoms with Crippen molar-refractivity contribution in [2.75, 3.05) is 12.4 Å². The molecular formula is C14H14BrN3O. The van der Waals surface area contributed by atoms with E-state index in [0.717, 1.165) is 10.0 Å². The fraction of sp³-hybridized carbons (Fsp3) is 0.143. The Balaban J connectivity index is 2.08. The maximum atomic E-state index is 12.1. The van der Waals surface area contributed by atoms with Gasteiger partial charge in [-0.25, -0.2) is 0 Å². The van der Waals surface area contributed by atoms with Crippen LogP contribution < -0.4 is 10.6 Å². The highest BCUT2D eigenvalue weighted by Crippen LogP contribution is 2.16. The van der Waals surface area contributed by atoms with Gasteiger partial charge in [-0.3, -0.25) is 9.78 Å². The van der Waals surface area contributed by atoms with E-state index in [2.05, 4.69) is 31.5 Å². The van der Waals surface area contributed by atoms with E-state index in [0.29, 0.717) is 17.8 Å². The van der Waals surface area contributed by atoms with Gasteiger partial charge in [0.25, 0.3) is 5.91 Å². The minimum Gasteiger partial charge on any atom is -0.386 e. The van der Waals surface area contributed by atoms with Gasteiger partial charge in [-0.15, -0.1) is 0 Å². The van der Waals surface area contributed by atoms with Crippen molar-refractivity contribution in [3.8, 4) is 0 Å². The number of pyridine rings is 1. The first-order chi connectivity index (χ1) is 9.22. The van der Waals surface area contributed by atoms with Crippen LogP contribution in [0.4, 0.5) is 5.69 Å². The Bertz CT molecular complexity index is 586. The summed E-state index contributed by atoms with van der Waals surface area (Å²) >= 11 is 3.46. The maximum Gasteiger partial charge on any atom is 0.253 e. The van der Waals surface area contributed by atoms with Crippen molar-refractivity contribution in [1.82, 2.24) is 10.3 Å². The lowest BCUT2D eigenvalue weighted by atomic mass is 10.2. The molecule has 1 amide bonds. The van der Waals surface area contributed by atoms with Crippen molar-refractivity contribution >= 4 is 27.5 Å². The summed E-state index contributed by atoms with van der Waals surface area (Å²) < 4.78 is 0.985. The van der Waals surface area contributed by atoms with Crippen LogP contribution in [0.25, 0.3) is 0 Å². The van der Waals surface area contributed by atoms with Crippen LogP contribution in [-0.4, -0.2) is 17.9 Å².